The lowest BCUT2D eigenvalue weighted by Gasteiger charge is -2.26. The Morgan fingerprint density at radius 1 is 1.00 bits per heavy atom. The summed E-state index contributed by atoms with van der Waals surface area (Å²) < 4.78 is 18.9. The van der Waals surface area contributed by atoms with E-state index in [1.54, 1.807) is 11.3 Å². The van der Waals surface area contributed by atoms with E-state index in [0.29, 0.717) is 0 Å². The number of nitrogens with zero attached hydrogens (tertiary/aromatic N) is 3. The van der Waals surface area contributed by atoms with E-state index in [0.717, 1.165) is 72.6 Å². The highest BCUT2D eigenvalue weighted by Crippen LogP contribution is 2.36. The second-order valence-electron chi connectivity index (χ2n) is 7.53. The molecule has 0 bridgehead atoms. The first kappa shape index (κ1) is 19.4. The molecule has 0 atom stereocenters. The van der Waals surface area contributed by atoms with Gasteiger partial charge in [-0.25, -0.2) is 4.99 Å². The van der Waals surface area contributed by atoms with Gasteiger partial charge in [0.25, 0.3) is 0 Å². The van der Waals surface area contributed by atoms with Gasteiger partial charge in [0, 0.05) is 37.1 Å². The van der Waals surface area contributed by atoms with Crippen LogP contribution >= 0.6 is 11.3 Å². The lowest BCUT2D eigenvalue weighted by Crippen LogP contribution is -2.39. The Morgan fingerprint density at radius 3 is 2.73 bits per heavy atom. The molecule has 0 spiro atoms. The predicted octanol–water partition coefficient (Wildman–Crippen LogP) is 3.82. The molecular formula is C23H25N3O3S. The van der Waals surface area contributed by atoms with Crippen LogP contribution in [0.2, 0.25) is 0 Å². The molecule has 0 radical (unpaired) electrons. The molecule has 0 saturated carbocycles. The second kappa shape index (κ2) is 8.63. The molecule has 0 aliphatic carbocycles. The van der Waals surface area contributed by atoms with Crippen LogP contribution < -0.4 is 14.3 Å². The van der Waals surface area contributed by atoms with Gasteiger partial charge in [0.15, 0.2) is 16.3 Å². The van der Waals surface area contributed by atoms with Crippen LogP contribution in [0.5, 0.6) is 11.5 Å². The molecule has 1 aromatic heterocycles. The van der Waals surface area contributed by atoms with Crippen LogP contribution in [-0.4, -0.2) is 49.1 Å². The third-order valence-corrected chi connectivity index (χ3v) is 6.30. The van der Waals surface area contributed by atoms with Crippen LogP contribution in [0.1, 0.15) is 5.56 Å². The number of hydrogen-bond donors (Lipinski definition) is 0. The van der Waals surface area contributed by atoms with Gasteiger partial charge >= 0.3 is 0 Å². The molecule has 30 heavy (non-hydrogen) atoms. The Hall–Kier alpha value is -2.61. The second-order valence-corrected chi connectivity index (χ2v) is 8.36. The Balaban J connectivity index is 1.52. The third-order valence-electron chi connectivity index (χ3n) is 5.44. The number of ether oxygens (including phenoxy) is 3. The minimum atomic E-state index is 0.285. The van der Waals surface area contributed by atoms with Gasteiger partial charge in [-0.3, -0.25) is 4.90 Å². The highest BCUT2D eigenvalue weighted by Gasteiger charge is 2.17. The van der Waals surface area contributed by atoms with Crippen LogP contribution in [0.3, 0.4) is 0 Å². The van der Waals surface area contributed by atoms with E-state index in [1.807, 2.05) is 6.07 Å². The Bertz CT molecular complexity index is 1100. The highest BCUT2D eigenvalue weighted by molar-refractivity contribution is 7.07. The lowest BCUT2D eigenvalue weighted by molar-refractivity contribution is 0.0363. The van der Waals surface area contributed by atoms with E-state index in [9.17, 15) is 0 Å². The van der Waals surface area contributed by atoms with Crippen LogP contribution in [-0.2, 0) is 11.3 Å². The summed E-state index contributed by atoms with van der Waals surface area (Å²) in [5.74, 6) is 1.61. The van der Waals surface area contributed by atoms with Crippen LogP contribution in [0, 0.1) is 6.92 Å². The fourth-order valence-electron chi connectivity index (χ4n) is 3.80. The standard InChI is InChI=1S/C23H25N3O3S/c1-17-3-2-4-19(13-17)24-23-26(8-7-25-9-11-27-12-10-25)20(15-30-23)18-5-6-21-22(14-18)29-16-28-21/h2-6,13-15H,7-12,16H2,1H3. The van der Waals surface area contributed by atoms with Crippen molar-refractivity contribution in [3.63, 3.8) is 0 Å². The summed E-state index contributed by atoms with van der Waals surface area (Å²) in [5.41, 5.74) is 4.46. The van der Waals surface area contributed by atoms with Gasteiger partial charge < -0.3 is 18.8 Å². The molecule has 2 aliphatic rings. The number of thiazole rings is 1. The fourth-order valence-corrected chi connectivity index (χ4v) is 4.75. The van der Waals surface area contributed by atoms with Crippen molar-refractivity contribution in [2.75, 3.05) is 39.6 Å². The summed E-state index contributed by atoms with van der Waals surface area (Å²) in [5, 5.41) is 2.19. The zero-order valence-electron chi connectivity index (χ0n) is 17.0. The largest absolute Gasteiger partial charge is 0.454 e. The summed E-state index contributed by atoms with van der Waals surface area (Å²) in [7, 11) is 0. The van der Waals surface area contributed by atoms with Crippen molar-refractivity contribution in [3.05, 3.63) is 58.2 Å². The van der Waals surface area contributed by atoms with Crippen molar-refractivity contribution in [1.29, 1.82) is 0 Å². The molecule has 5 rings (SSSR count). The zero-order chi connectivity index (χ0) is 20.3. The minimum absolute atomic E-state index is 0.285. The van der Waals surface area contributed by atoms with E-state index in [1.165, 1.54) is 5.56 Å². The quantitative estimate of drug-likeness (QED) is 0.626. The van der Waals surface area contributed by atoms with E-state index in [4.69, 9.17) is 19.2 Å². The summed E-state index contributed by atoms with van der Waals surface area (Å²) in [6.07, 6.45) is 0. The topological polar surface area (TPSA) is 48.2 Å². The van der Waals surface area contributed by atoms with Gasteiger partial charge in [-0.05, 0) is 42.8 Å². The van der Waals surface area contributed by atoms with Crippen LogP contribution in [0.4, 0.5) is 5.69 Å². The van der Waals surface area contributed by atoms with Gasteiger partial charge in [0.2, 0.25) is 6.79 Å². The van der Waals surface area contributed by atoms with Crippen molar-refractivity contribution in [2.45, 2.75) is 13.5 Å². The molecule has 1 fully saturated rings. The molecule has 0 unspecified atom stereocenters. The number of fused-ring (bicyclic) bond motifs is 1. The molecular weight excluding hydrogens is 398 g/mol. The SMILES string of the molecule is Cc1cccc(N=c2scc(-c3ccc4c(c3)OCO4)n2CCN2CCOCC2)c1. The normalized spacial score (nSPS) is 16.9. The van der Waals surface area contributed by atoms with Crippen molar-refractivity contribution in [3.8, 4) is 22.8 Å². The molecule has 2 aliphatic heterocycles. The average Bonchev–Trinajstić information content (AvgIpc) is 3.39. The van der Waals surface area contributed by atoms with Gasteiger partial charge in [-0.2, -0.15) is 0 Å². The summed E-state index contributed by atoms with van der Waals surface area (Å²) in [6, 6.07) is 14.5. The predicted molar refractivity (Wildman–Crippen MR) is 118 cm³/mol. The fraction of sp³-hybridized carbons (Fsp3) is 0.348. The lowest BCUT2D eigenvalue weighted by atomic mass is 10.1. The van der Waals surface area contributed by atoms with E-state index in [-0.39, 0.29) is 6.79 Å². The Kier molecular flexibility index (Phi) is 5.57. The number of aryl methyl sites for hydroxylation is 1. The first-order valence-electron chi connectivity index (χ1n) is 10.3. The van der Waals surface area contributed by atoms with Crippen molar-refractivity contribution in [1.82, 2.24) is 9.47 Å². The van der Waals surface area contributed by atoms with Crippen molar-refractivity contribution >= 4 is 17.0 Å². The molecule has 2 aromatic carbocycles. The number of benzene rings is 2. The van der Waals surface area contributed by atoms with Crippen LogP contribution in [0.15, 0.2) is 52.8 Å². The maximum absolute atomic E-state index is 5.60. The number of hydrogen-bond acceptors (Lipinski definition) is 6. The summed E-state index contributed by atoms with van der Waals surface area (Å²) in [4.78, 5) is 8.42. The van der Waals surface area contributed by atoms with Gasteiger partial charge in [-0.1, -0.05) is 12.1 Å². The maximum atomic E-state index is 5.60. The molecule has 1 saturated heterocycles. The van der Waals surface area contributed by atoms with Gasteiger partial charge in [0.1, 0.15) is 0 Å². The average molecular weight is 424 g/mol. The summed E-state index contributed by atoms with van der Waals surface area (Å²) >= 11 is 1.67. The Morgan fingerprint density at radius 2 is 1.87 bits per heavy atom. The maximum Gasteiger partial charge on any atom is 0.231 e. The smallest absolute Gasteiger partial charge is 0.231 e. The molecule has 7 heteroatoms. The van der Waals surface area contributed by atoms with E-state index >= 15 is 0 Å². The molecule has 0 amide bonds. The molecule has 3 heterocycles. The zero-order valence-corrected chi connectivity index (χ0v) is 17.9. The number of morpholine rings is 1. The van der Waals surface area contributed by atoms with E-state index < -0.39 is 0 Å². The first-order chi connectivity index (χ1) is 14.8. The summed E-state index contributed by atoms with van der Waals surface area (Å²) in [6.45, 7) is 7.80. The molecule has 3 aromatic rings. The van der Waals surface area contributed by atoms with E-state index in [2.05, 4.69) is 58.2 Å². The highest BCUT2D eigenvalue weighted by atomic mass is 32.1. The Labute approximate surface area is 180 Å². The molecule has 0 N–H and O–H groups in total. The monoisotopic (exact) mass is 423 g/mol. The van der Waals surface area contributed by atoms with Crippen LogP contribution in [0.25, 0.3) is 11.3 Å². The minimum Gasteiger partial charge on any atom is -0.454 e. The van der Waals surface area contributed by atoms with Gasteiger partial charge in [-0.15, -0.1) is 11.3 Å². The number of aromatic nitrogens is 1. The third kappa shape index (κ3) is 4.14. The molecule has 6 nitrogen and oxygen atoms in total. The first-order valence-corrected chi connectivity index (χ1v) is 11.1. The number of rotatable bonds is 5. The van der Waals surface area contributed by atoms with Crippen molar-refractivity contribution < 1.29 is 14.2 Å². The van der Waals surface area contributed by atoms with Gasteiger partial charge in [0.05, 0.1) is 24.6 Å². The molecule has 156 valence electrons. The van der Waals surface area contributed by atoms with Crippen molar-refractivity contribution in [2.24, 2.45) is 4.99 Å².